The fourth-order valence-corrected chi connectivity index (χ4v) is 3.62. The van der Waals surface area contributed by atoms with Crippen molar-refractivity contribution in [3.8, 4) is 0 Å². The Labute approximate surface area is 154 Å². The number of aliphatic hydroxyl groups excluding tert-OH is 1. The number of hydrogen-bond acceptors (Lipinski definition) is 2. The van der Waals surface area contributed by atoms with Gasteiger partial charge in [0, 0.05) is 17.5 Å². The van der Waals surface area contributed by atoms with Crippen LogP contribution in [0.1, 0.15) is 30.4 Å². The number of amides is 1. The van der Waals surface area contributed by atoms with E-state index >= 15 is 0 Å². The van der Waals surface area contributed by atoms with Crippen LogP contribution in [0.2, 0.25) is 5.02 Å². The third-order valence-electron chi connectivity index (χ3n) is 4.94. The summed E-state index contributed by atoms with van der Waals surface area (Å²) >= 11 is 6.16. The van der Waals surface area contributed by atoms with Crippen molar-refractivity contribution in [2.45, 2.75) is 44.2 Å². The third-order valence-corrected chi connectivity index (χ3v) is 5.31. The highest BCUT2D eigenvalue weighted by atomic mass is 35.5. The Kier molecular flexibility index (Phi) is 6.11. The molecule has 1 atom stereocenters. The van der Waals surface area contributed by atoms with Crippen molar-refractivity contribution in [3.05, 3.63) is 70.7 Å². The standard InChI is InChI=1S/C21H24ClNO2/c22-19-9-5-4-8-16(19)10-11-21(25)23-20(17-13-18(24)14-17)12-15-6-2-1-3-7-15/h1-9,17-18,20,24H,10-14H2,(H,23,25). The summed E-state index contributed by atoms with van der Waals surface area (Å²) in [5, 5.41) is 13.5. The van der Waals surface area contributed by atoms with Gasteiger partial charge in [-0.3, -0.25) is 4.79 Å². The molecule has 25 heavy (non-hydrogen) atoms. The van der Waals surface area contributed by atoms with Crippen molar-refractivity contribution >= 4 is 17.5 Å². The van der Waals surface area contributed by atoms with E-state index in [1.807, 2.05) is 42.5 Å². The first-order chi connectivity index (χ1) is 12.1. The summed E-state index contributed by atoms with van der Waals surface area (Å²) in [4.78, 5) is 12.4. The first kappa shape index (κ1) is 18.0. The second-order valence-electron chi connectivity index (χ2n) is 6.84. The number of aliphatic hydroxyl groups is 1. The van der Waals surface area contributed by atoms with Gasteiger partial charge in [0.25, 0.3) is 0 Å². The second-order valence-corrected chi connectivity index (χ2v) is 7.25. The molecule has 0 spiro atoms. The highest BCUT2D eigenvalue weighted by molar-refractivity contribution is 6.31. The Hall–Kier alpha value is -1.84. The quantitative estimate of drug-likeness (QED) is 0.792. The molecular formula is C21H24ClNO2. The second kappa shape index (κ2) is 8.50. The van der Waals surface area contributed by atoms with Crippen LogP contribution in [-0.4, -0.2) is 23.2 Å². The van der Waals surface area contributed by atoms with Crippen molar-refractivity contribution < 1.29 is 9.90 Å². The molecule has 1 saturated carbocycles. The average molecular weight is 358 g/mol. The molecule has 2 N–H and O–H groups in total. The van der Waals surface area contributed by atoms with Crippen LogP contribution in [0.5, 0.6) is 0 Å². The van der Waals surface area contributed by atoms with Gasteiger partial charge in [0.05, 0.1) is 6.10 Å². The SMILES string of the molecule is O=C(CCc1ccccc1Cl)NC(Cc1ccccc1)C1CC(O)C1. The lowest BCUT2D eigenvalue weighted by Crippen LogP contribution is -2.48. The summed E-state index contributed by atoms with van der Waals surface area (Å²) in [5.41, 5.74) is 2.21. The number of halogens is 1. The normalized spacial score (nSPS) is 20.6. The first-order valence-corrected chi connectivity index (χ1v) is 9.24. The lowest BCUT2D eigenvalue weighted by molar-refractivity contribution is -0.122. The van der Waals surface area contributed by atoms with Crippen molar-refractivity contribution in [2.75, 3.05) is 0 Å². The number of benzene rings is 2. The minimum Gasteiger partial charge on any atom is -0.393 e. The van der Waals surface area contributed by atoms with Crippen molar-refractivity contribution in [1.29, 1.82) is 0 Å². The lowest BCUT2D eigenvalue weighted by atomic mass is 9.75. The number of carbonyl (C=O) groups is 1. The van der Waals surface area contributed by atoms with Crippen LogP contribution >= 0.6 is 11.6 Å². The molecule has 1 fully saturated rings. The molecule has 3 rings (SSSR count). The van der Waals surface area contributed by atoms with Crippen LogP contribution in [0, 0.1) is 5.92 Å². The molecule has 1 aliphatic carbocycles. The molecule has 3 nitrogen and oxygen atoms in total. The van der Waals surface area contributed by atoms with Gasteiger partial charge in [-0.2, -0.15) is 0 Å². The Balaban J connectivity index is 1.57. The predicted molar refractivity (Wildman–Crippen MR) is 101 cm³/mol. The lowest BCUT2D eigenvalue weighted by Gasteiger charge is -2.38. The molecule has 2 aromatic rings. The highest BCUT2D eigenvalue weighted by Crippen LogP contribution is 2.31. The smallest absolute Gasteiger partial charge is 0.220 e. The van der Waals surface area contributed by atoms with E-state index in [9.17, 15) is 9.90 Å². The summed E-state index contributed by atoms with van der Waals surface area (Å²) in [6, 6.07) is 17.9. The topological polar surface area (TPSA) is 49.3 Å². The van der Waals surface area contributed by atoms with Crippen LogP contribution in [0.3, 0.4) is 0 Å². The molecule has 4 heteroatoms. The molecule has 0 heterocycles. The van der Waals surface area contributed by atoms with Crippen molar-refractivity contribution in [3.63, 3.8) is 0 Å². The van der Waals surface area contributed by atoms with Gasteiger partial charge in [0.2, 0.25) is 5.91 Å². The zero-order chi connectivity index (χ0) is 17.6. The van der Waals surface area contributed by atoms with Crippen molar-refractivity contribution in [1.82, 2.24) is 5.32 Å². The molecule has 1 unspecified atom stereocenters. The molecule has 0 aliphatic heterocycles. The maximum atomic E-state index is 12.4. The van der Waals surface area contributed by atoms with Crippen LogP contribution in [0.15, 0.2) is 54.6 Å². The number of carbonyl (C=O) groups excluding carboxylic acids is 1. The van der Waals surface area contributed by atoms with E-state index in [1.54, 1.807) is 0 Å². The van der Waals surface area contributed by atoms with Crippen LogP contribution < -0.4 is 5.32 Å². The van der Waals surface area contributed by atoms with E-state index in [4.69, 9.17) is 11.6 Å². The largest absolute Gasteiger partial charge is 0.393 e. The first-order valence-electron chi connectivity index (χ1n) is 8.86. The summed E-state index contributed by atoms with van der Waals surface area (Å²) in [5.74, 6) is 0.390. The van der Waals surface area contributed by atoms with Gasteiger partial charge >= 0.3 is 0 Å². The highest BCUT2D eigenvalue weighted by Gasteiger charge is 2.34. The monoisotopic (exact) mass is 357 g/mol. The minimum atomic E-state index is -0.219. The molecule has 0 bridgehead atoms. The van der Waals surface area contributed by atoms with Gasteiger partial charge < -0.3 is 10.4 Å². The molecule has 1 amide bonds. The summed E-state index contributed by atoms with van der Waals surface area (Å²) < 4.78 is 0. The Morgan fingerprint density at radius 3 is 2.48 bits per heavy atom. The van der Waals surface area contributed by atoms with Crippen LogP contribution in [-0.2, 0) is 17.6 Å². The average Bonchev–Trinajstić information content (AvgIpc) is 2.59. The zero-order valence-corrected chi connectivity index (χ0v) is 15.0. The van der Waals surface area contributed by atoms with Gasteiger partial charge in [-0.05, 0) is 48.8 Å². The summed E-state index contributed by atoms with van der Waals surface area (Å²) in [6.45, 7) is 0. The van der Waals surface area contributed by atoms with Gasteiger partial charge in [0.15, 0.2) is 0 Å². The van der Waals surface area contributed by atoms with E-state index in [0.29, 0.717) is 23.8 Å². The van der Waals surface area contributed by atoms with Crippen molar-refractivity contribution in [2.24, 2.45) is 5.92 Å². The van der Waals surface area contributed by atoms with E-state index in [-0.39, 0.29) is 18.1 Å². The van der Waals surface area contributed by atoms with Gasteiger partial charge in [-0.15, -0.1) is 0 Å². The number of nitrogens with one attached hydrogen (secondary N) is 1. The Bertz CT molecular complexity index is 698. The number of aryl methyl sites for hydroxylation is 1. The fraction of sp³-hybridized carbons (Fsp3) is 0.381. The fourth-order valence-electron chi connectivity index (χ4n) is 3.39. The molecule has 2 aromatic carbocycles. The molecule has 0 saturated heterocycles. The Morgan fingerprint density at radius 2 is 1.80 bits per heavy atom. The molecule has 132 valence electrons. The molecule has 1 aliphatic rings. The van der Waals surface area contributed by atoms with Gasteiger partial charge in [0.1, 0.15) is 0 Å². The Morgan fingerprint density at radius 1 is 1.12 bits per heavy atom. The minimum absolute atomic E-state index is 0.0437. The number of rotatable bonds is 7. The van der Waals surface area contributed by atoms with Gasteiger partial charge in [-0.25, -0.2) is 0 Å². The zero-order valence-electron chi connectivity index (χ0n) is 14.2. The van der Waals surface area contributed by atoms with E-state index in [2.05, 4.69) is 17.4 Å². The maximum absolute atomic E-state index is 12.4. The molecular weight excluding hydrogens is 334 g/mol. The maximum Gasteiger partial charge on any atom is 0.220 e. The molecule has 0 radical (unpaired) electrons. The van der Waals surface area contributed by atoms with E-state index in [0.717, 1.165) is 24.8 Å². The summed E-state index contributed by atoms with van der Waals surface area (Å²) in [7, 11) is 0. The predicted octanol–water partition coefficient (Wildman–Crippen LogP) is 3.77. The van der Waals surface area contributed by atoms with Crippen LogP contribution in [0.25, 0.3) is 0 Å². The van der Waals surface area contributed by atoms with Crippen LogP contribution in [0.4, 0.5) is 0 Å². The molecule has 0 aromatic heterocycles. The number of hydrogen-bond donors (Lipinski definition) is 2. The third kappa shape index (κ3) is 5.07. The van der Waals surface area contributed by atoms with E-state index in [1.165, 1.54) is 5.56 Å². The van der Waals surface area contributed by atoms with Gasteiger partial charge in [-0.1, -0.05) is 60.1 Å². The van der Waals surface area contributed by atoms with E-state index < -0.39 is 0 Å². The summed E-state index contributed by atoms with van der Waals surface area (Å²) in [6.07, 6.45) is 3.17.